The fraction of sp³-hybridized carbons (Fsp3) is 0.200. The van der Waals surface area contributed by atoms with Gasteiger partial charge in [-0.2, -0.15) is 0 Å². The molecule has 0 saturated carbocycles. The lowest BCUT2D eigenvalue weighted by molar-refractivity contribution is -0.118. The molecule has 2 aliphatic heterocycles. The molecule has 3 aromatic rings. The van der Waals surface area contributed by atoms with Crippen LogP contribution in [-0.2, 0) is 4.79 Å². The number of nitrogens with one attached hydrogen (secondary N) is 1. The molecule has 0 unspecified atom stereocenters. The van der Waals surface area contributed by atoms with E-state index in [-0.39, 0.29) is 12.5 Å². The van der Waals surface area contributed by atoms with E-state index in [4.69, 9.17) is 14.5 Å². The number of rotatable bonds is 4. The van der Waals surface area contributed by atoms with Crippen molar-refractivity contribution >= 4 is 23.1 Å². The molecule has 0 aliphatic carbocycles. The van der Waals surface area contributed by atoms with Gasteiger partial charge in [0.1, 0.15) is 23.0 Å². The number of fused-ring (bicyclic) bond motifs is 2. The van der Waals surface area contributed by atoms with Gasteiger partial charge in [0.05, 0.1) is 5.56 Å². The summed E-state index contributed by atoms with van der Waals surface area (Å²) in [5.74, 6) is 2.78. The minimum absolute atomic E-state index is 0.0594. The Labute approximate surface area is 181 Å². The van der Waals surface area contributed by atoms with Gasteiger partial charge in [0, 0.05) is 18.8 Å². The zero-order valence-electron chi connectivity index (χ0n) is 17.1. The molecule has 1 saturated heterocycles. The number of benzene rings is 3. The predicted octanol–water partition coefficient (Wildman–Crippen LogP) is 4.98. The van der Waals surface area contributed by atoms with Gasteiger partial charge < -0.3 is 19.7 Å². The van der Waals surface area contributed by atoms with Crippen molar-refractivity contribution in [2.75, 3.05) is 25.0 Å². The first kappa shape index (κ1) is 19.2. The summed E-state index contributed by atoms with van der Waals surface area (Å²) >= 11 is 0. The second kappa shape index (κ2) is 8.52. The van der Waals surface area contributed by atoms with Crippen molar-refractivity contribution < 1.29 is 14.3 Å². The molecule has 2 aliphatic rings. The molecule has 5 rings (SSSR count). The van der Waals surface area contributed by atoms with Crippen LogP contribution in [0, 0.1) is 0 Å². The number of anilines is 1. The smallest absolute Gasteiger partial charge is 0.262 e. The van der Waals surface area contributed by atoms with Gasteiger partial charge in [-0.05, 0) is 55.3 Å². The van der Waals surface area contributed by atoms with Gasteiger partial charge in [-0.25, -0.2) is 4.99 Å². The van der Waals surface area contributed by atoms with E-state index in [1.807, 2.05) is 72.8 Å². The maximum atomic E-state index is 12.4. The molecule has 31 heavy (non-hydrogen) atoms. The SMILES string of the molecule is O=C(COc1ccccc1)Nc1ccc2c(c1)C(N1CCCC1)=Nc1ccccc1O2. The van der Waals surface area contributed by atoms with E-state index in [0.717, 1.165) is 54.5 Å². The second-order valence-corrected chi connectivity index (χ2v) is 7.56. The topological polar surface area (TPSA) is 63.2 Å². The van der Waals surface area contributed by atoms with Crippen molar-refractivity contribution in [2.45, 2.75) is 12.8 Å². The Morgan fingerprint density at radius 1 is 0.968 bits per heavy atom. The standard InChI is InChI=1S/C25H23N3O3/c29-24(17-30-19-8-2-1-3-9-19)26-18-12-13-22-20(16-18)25(28-14-6-7-15-28)27-21-10-4-5-11-23(21)31-22/h1-5,8-13,16H,6-7,14-15,17H2,(H,26,29). The van der Waals surface area contributed by atoms with Crippen molar-refractivity contribution in [3.63, 3.8) is 0 Å². The van der Waals surface area contributed by atoms with Gasteiger partial charge in [0.25, 0.3) is 5.91 Å². The van der Waals surface area contributed by atoms with Crippen LogP contribution in [0.3, 0.4) is 0 Å². The summed E-state index contributed by atoms with van der Waals surface area (Å²) in [5.41, 5.74) is 2.36. The Morgan fingerprint density at radius 2 is 1.74 bits per heavy atom. The van der Waals surface area contributed by atoms with Crippen LogP contribution in [0.1, 0.15) is 18.4 Å². The zero-order valence-corrected chi connectivity index (χ0v) is 17.1. The molecule has 0 spiro atoms. The van der Waals surface area contributed by atoms with E-state index in [0.29, 0.717) is 11.4 Å². The summed E-state index contributed by atoms with van der Waals surface area (Å²) < 4.78 is 11.7. The highest BCUT2D eigenvalue weighted by Gasteiger charge is 2.25. The molecule has 0 atom stereocenters. The number of ether oxygens (including phenoxy) is 2. The second-order valence-electron chi connectivity index (χ2n) is 7.56. The maximum Gasteiger partial charge on any atom is 0.262 e. The first-order valence-corrected chi connectivity index (χ1v) is 10.5. The number of likely N-dealkylation sites (tertiary alicyclic amines) is 1. The van der Waals surface area contributed by atoms with Crippen LogP contribution >= 0.6 is 0 Å². The molecule has 0 bridgehead atoms. The molecule has 156 valence electrons. The Kier molecular flexibility index (Phi) is 5.27. The van der Waals surface area contributed by atoms with E-state index >= 15 is 0 Å². The molecule has 0 radical (unpaired) electrons. The number of amidine groups is 1. The third-order valence-corrected chi connectivity index (χ3v) is 5.33. The first-order chi connectivity index (χ1) is 15.3. The summed E-state index contributed by atoms with van der Waals surface area (Å²) in [6.45, 7) is 1.86. The summed E-state index contributed by atoms with van der Waals surface area (Å²) in [6.07, 6.45) is 2.29. The van der Waals surface area contributed by atoms with Gasteiger partial charge in [0.2, 0.25) is 0 Å². The van der Waals surface area contributed by atoms with E-state index in [1.54, 1.807) is 0 Å². The number of amides is 1. The molecule has 6 heteroatoms. The highest BCUT2D eigenvalue weighted by molar-refractivity contribution is 6.05. The monoisotopic (exact) mass is 413 g/mol. The number of aliphatic imine (C=N–C) groups is 1. The van der Waals surface area contributed by atoms with Crippen LogP contribution in [0.4, 0.5) is 11.4 Å². The average Bonchev–Trinajstić information content (AvgIpc) is 3.28. The minimum Gasteiger partial charge on any atom is -0.484 e. The van der Waals surface area contributed by atoms with Crippen molar-refractivity contribution in [1.82, 2.24) is 4.90 Å². The molecule has 0 aromatic heterocycles. The molecular weight excluding hydrogens is 390 g/mol. The fourth-order valence-corrected chi connectivity index (χ4v) is 3.83. The van der Waals surface area contributed by atoms with Crippen LogP contribution in [0.15, 0.2) is 77.8 Å². The number of para-hydroxylation sites is 3. The lowest BCUT2D eigenvalue weighted by Gasteiger charge is -2.21. The van der Waals surface area contributed by atoms with Crippen molar-refractivity contribution in [3.05, 3.63) is 78.4 Å². The van der Waals surface area contributed by atoms with E-state index in [2.05, 4.69) is 10.2 Å². The van der Waals surface area contributed by atoms with Crippen molar-refractivity contribution in [3.8, 4) is 17.2 Å². The lowest BCUT2D eigenvalue weighted by atomic mass is 10.1. The van der Waals surface area contributed by atoms with Gasteiger partial charge in [-0.15, -0.1) is 0 Å². The quantitative estimate of drug-likeness (QED) is 0.655. The number of hydrogen-bond donors (Lipinski definition) is 1. The number of carbonyl (C=O) groups is 1. The van der Waals surface area contributed by atoms with E-state index in [1.165, 1.54) is 0 Å². The molecule has 3 aromatic carbocycles. The Balaban J connectivity index is 1.40. The first-order valence-electron chi connectivity index (χ1n) is 10.5. The number of nitrogens with zero attached hydrogens (tertiary/aromatic N) is 2. The van der Waals surface area contributed by atoms with Crippen LogP contribution in [0.25, 0.3) is 0 Å². The van der Waals surface area contributed by atoms with E-state index < -0.39 is 0 Å². The highest BCUT2D eigenvalue weighted by Crippen LogP contribution is 2.39. The summed E-state index contributed by atoms with van der Waals surface area (Å²) in [5, 5.41) is 2.92. The summed E-state index contributed by atoms with van der Waals surface area (Å²) in [6, 6.07) is 22.7. The Bertz CT molecular complexity index is 1120. The van der Waals surface area contributed by atoms with Gasteiger partial charge in [-0.1, -0.05) is 30.3 Å². The molecule has 1 fully saturated rings. The minimum atomic E-state index is -0.221. The molecule has 6 nitrogen and oxygen atoms in total. The van der Waals surface area contributed by atoms with Gasteiger partial charge in [-0.3, -0.25) is 4.79 Å². The van der Waals surface area contributed by atoms with Gasteiger partial charge in [0.15, 0.2) is 12.4 Å². The summed E-state index contributed by atoms with van der Waals surface area (Å²) in [4.78, 5) is 19.7. The Morgan fingerprint density at radius 3 is 2.58 bits per heavy atom. The maximum absolute atomic E-state index is 12.4. The van der Waals surface area contributed by atoms with Gasteiger partial charge >= 0.3 is 0 Å². The molecular formula is C25H23N3O3. The fourth-order valence-electron chi connectivity index (χ4n) is 3.83. The van der Waals surface area contributed by atoms with Crippen LogP contribution in [0.5, 0.6) is 17.2 Å². The zero-order chi connectivity index (χ0) is 21.0. The van der Waals surface area contributed by atoms with Crippen molar-refractivity contribution in [2.24, 2.45) is 4.99 Å². The third kappa shape index (κ3) is 4.23. The van der Waals surface area contributed by atoms with Crippen LogP contribution in [-0.4, -0.2) is 36.3 Å². The van der Waals surface area contributed by atoms with Crippen LogP contribution < -0.4 is 14.8 Å². The third-order valence-electron chi connectivity index (χ3n) is 5.33. The number of carbonyl (C=O) groups excluding carboxylic acids is 1. The van der Waals surface area contributed by atoms with Crippen molar-refractivity contribution in [1.29, 1.82) is 0 Å². The number of hydrogen-bond acceptors (Lipinski definition) is 5. The summed E-state index contributed by atoms with van der Waals surface area (Å²) in [7, 11) is 0. The molecule has 2 heterocycles. The normalized spacial score (nSPS) is 14.6. The average molecular weight is 413 g/mol. The highest BCUT2D eigenvalue weighted by atomic mass is 16.5. The predicted molar refractivity (Wildman–Crippen MR) is 121 cm³/mol. The molecule has 1 N–H and O–H groups in total. The largest absolute Gasteiger partial charge is 0.484 e. The van der Waals surface area contributed by atoms with Crippen LogP contribution in [0.2, 0.25) is 0 Å². The van der Waals surface area contributed by atoms with E-state index in [9.17, 15) is 4.79 Å². The lowest BCUT2D eigenvalue weighted by Crippen LogP contribution is -2.28. The Hall–Kier alpha value is -3.80. The molecule has 1 amide bonds.